The van der Waals surface area contributed by atoms with Gasteiger partial charge >= 0.3 is 0 Å². The fraction of sp³-hybridized carbons (Fsp3) is 0.571. The van der Waals surface area contributed by atoms with E-state index < -0.39 is 0 Å². The number of nitriles is 1. The number of rotatable bonds is 11. The molecule has 0 spiro atoms. The van der Waals surface area contributed by atoms with Gasteiger partial charge in [0.1, 0.15) is 6.54 Å². The van der Waals surface area contributed by atoms with E-state index in [1.54, 1.807) is 10.5 Å². The molecule has 0 heterocycles. The number of hydrogen-bond donors (Lipinski definition) is 1. The highest BCUT2D eigenvalue weighted by Crippen LogP contribution is 2.37. The Labute approximate surface area is 196 Å². The second-order valence-corrected chi connectivity index (χ2v) is 8.06. The molecule has 0 radical (unpaired) electrons. The van der Waals surface area contributed by atoms with E-state index in [1.165, 1.54) is 16.7 Å². The molecule has 0 saturated heterocycles. The number of nitrogens with one attached hydrogen (secondary N) is 1. The molecule has 1 N–H and O–H groups in total. The summed E-state index contributed by atoms with van der Waals surface area (Å²) in [6.45, 7) is 12.4. The van der Waals surface area contributed by atoms with E-state index >= 15 is 0 Å². The number of amides is 1. The molecule has 4 heteroatoms. The Morgan fingerprint density at radius 2 is 1.97 bits per heavy atom. The summed E-state index contributed by atoms with van der Waals surface area (Å²) in [5.41, 5.74) is 5.94. The third kappa shape index (κ3) is 8.63. The van der Waals surface area contributed by atoms with Crippen molar-refractivity contribution in [2.75, 3.05) is 26.2 Å². The fourth-order valence-corrected chi connectivity index (χ4v) is 4.29. The topological polar surface area (TPSA) is 56.1 Å². The Morgan fingerprint density at radius 1 is 1.22 bits per heavy atom. The van der Waals surface area contributed by atoms with Crippen molar-refractivity contribution in [2.45, 2.75) is 79.1 Å². The van der Waals surface area contributed by atoms with Crippen molar-refractivity contribution in [1.82, 2.24) is 10.2 Å². The Bertz CT molecular complexity index is 788. The molecule has 1 aromatic carbocycles. The van der Waals surface area contributed by atoms with Gasteiger partial charge in [-0.2, -0.15) is 5.26 Å². The first-order chi connectivity index (χ1) is 15.6. The van der Waals surface area contributed by atoms with Crippen molar-refractivity contribution in [1.29, 1.82) is 5.26 Å². The zero-order chi connectivity index (χ0) is 23.8. The molecule has 0 aromatic heterocycles. The van der Waals surface area contributed by atoms with Gasteiger partial charge in [-0.1, -0.05) is 75.3 Å². The number of carbonyl (C=O) groups is 1. The molecule has 2 rings (SSSR count). The molecule has 0 fully saturated rings. The van der Waals surface area contributed by atoms with Gasteiger partial charge in [-0.05, 0) is 63.1 Å². The van der Waals surface area contributed by atoms with Crippen LogP contribution in [-0.4, -0.2) is 37.0 Å². The third-order valence-electron chi connectivity index (χ3n) is 5.97. The smallest absolute Gasteiger partial charge is 0.237 e. The zero-order valence-corrected chi connectivity index (χ0v) is 20.9. The van der Waals surface area contributed by atoms with Gasteiger partial charge in [0.15, 0.2) is 0 Å². The minimum atomic E-state index is 0.0114. The van der Waals surface area contributed by atoms with Crippen LogP contribution in [0, 0.1) is 11.3 Å². The quantitative estimate of drug-likeness (QED) is 0.256. The van der Waals surface area contributed by atoms with E-state index in [-0.39, 0.29) is 12.5 Å². The van der Waals surface area contributed by atoms with Gasteiger partial charge in [0, 0.05) is 12.5 Å². The van der Waals surface area contributed by atoms with Crippen molar-refractivity contribution in [3.63, 3.8) is 0 Å². The van der Waals surface area contributed by atoms with Gasteiger partial charge in [-0.3, -0.25) is 4.79 Å². The maximum Gasteiger partial charge on any atom is 0.237 e. The molecule has 32 heavy (non-hydrogen) atoms. The summed E-state index contributed by atoms with van der Waals surface area (Å²) >= 11 is 0. The lowest BCUT2D eigenvalue weighted by Gasteiger charge is -2.22. The summed E-state index contributed by atoms with van der Waals surface area (Å²) in [6.07, 6.45) is 10.7. The molecule has 1 amide bonds. The van der Waals surface area contributed by atoms with Gasteiger partial charge in [-0.15, -0.1) is 0 Å². The van der Waals surface area contributed by atoms with Crippen LogP contribution in [0.15, 0.2) is 47.6 Å². The molecule has 4 nitrogen and oxygen atoms in total. The molecule has 1 atom stereocenters. The van der Waals surface area contributed by atoms with Crippen LogP contribution in [-0.2, 0) is 11.2 Å². The predicted octanol–water partition coefficient (Wildman–Crippen LogP) is 6.16. The Kier molecular flexibility index (Phi) is 14.1. The Hall–Kier alpha value is -2.38. The molecule has 1 unspecified atom stereocenters. The van der Waals surface area contributed by atoms with E-state index in [2.05, 4.69) is 61.7 Å². The van der Waals surface area contributed by atoms with Gasteiger partial charge in [-0.25, -0.2) is 0 Å². The highest BCUT2D eigenvalue weighted by atomic mass is 16.2. The number of allylic oxidation sites excluding steroid dienone is 4. The Morgan fingerprint density at radius 3 is 2.66 bits per heavy atom. The first kappa shape index (κ1) is 27.7. The SMILES string of the molecule is CC.CC/C=C\CC1=C(C)C(CCNCC(=O)N(CC#N)CCC)c2ccccc2CC1. The average Bonchev–Trinajstić information content (AvgIpc) is 2.95. The van der Waals surface area contributed by atoms with Crippen molar-refractivity contribution >= 4 is 5.91 Å². The van der Waals surface area contributed by atoms with E-state index in [0.29, 0.717) is 19.0 Å². The van der Waals surface area contributed by atoms with Crippen LogP contribution in [0.1, 0.15) is 83.8 Å². The van der Waals surface area contributed by atoms with E-state index in [9.17, 15) is 4.79 Å². The summed E-state index contributed by atoms with van der Waals surface area (Å²) in [5, 5.41) is 12.3. The molecular weight excluding hydrogens is 394 g/mol. The van der Waals surface area contributed by atoms with Gasteiger partial charge in [0.05, 0.1) is 12.6 Å². The highest BCUT2D eigenvalue weighted by molar-refractivity contribution is 5.78. The first-order valence-electron chi connectivity index (χ1n) is 12.4. The second-order valence-electron chi connectivity index (χ2n) is 8.06. The van der Waals surface area contributed by atoms with Crippen LogP contribution in [0.5, 0.6) is 0 Å². The minimum absolute atomic E-state index is 0.0114. The maximum absolute atomic E-state index is 12.4. The molecule has 1 aliphatic rings. The molecular formula is C28H43N3O. The predicted molar refractivity (Wildman–Crippen MR) is 136 cm³/mol. The lowest BCUT2D eigenvalue weighted by atomic mass is 9.85. The highest BCUT2D eigenvalue weighted by Gasteiger charge is 2.22. The van der Waals surface area contributed by atoms with Crippen molar-refractivity contribution < 1.29 is 4.79 Å². The number of aryl methyl sites for hydroxylation is 1. The standard InChI is InChI=1S/C26H37N3O.C2H6/c1-4-6-7-10-22-13-14-23-11-8-9-12-25(23)24(21(22)3)15-17-28-20-26(30)29(18-5-2)19-16-27;1-2/h6-9,11-12,24,28H,4-5,10,13-15,17-20H2,1-3H3;1-2H3/b7-6-;. The fourth-order valence-electron chi connectivity index (χ4n) is 4.29. The monoisotopic (exact) mass is 437 g/mol. The number of carbonyl (C=O) groups excluding carboxylic acids is 1. The van der Waals surface area contributed by atoms with Crippen molar-refractivity contribution in [3.05, 3.63) is 58.7 Å². The Balaban J connectivity index is 0.00000249. The summed E-state index contributed by atoms with van der Waals surface area (Å²) in [5.74, 6) is 0.402. The van der Waals surface area contributed by atoms with Crippen molar-refractivity contribution in [3.8, 4) is 6.07 Å². The summed E-state index contributed by atoms with van der Waals surface area (Å²) < 4.78 is 0. The third-order valence-corrected chi connectivity index (χ3v) is 5.97. The normalized spacial score (nSPS) is 15.4. The summed E-state index contributed by atoms with van der Waals surface area (Å²) in [6, 6.07) is 10.9. The van der Waals surface area contributed by atoms with Crippen molar-refractivity contribution in [2.24, 2.45) is 0 Å². The first-order valence-corrected chi connectivity index (χ1v) is 12.4. The minimum Gasteiger partial charge on any atom is -0.328 e. The van der Waals surface area contributed by atoms with Crippen LogP contribution in [0.2, 0.25) is 0 Å². The number of benzene rings is 1. The molecule has 1 aliphatic carbocycles. The van der Waals surface area contributed by atoms with Crippen LogP contribution in [0.4, 0.5) is 0 Å². The second kappa shape index (κ2) is 16.3. The van der Waals surface area contributed by atoms with E-state index in [1.807, 2.05) is 20.8 Å². The lowest BCUT2D eigenvalue weighted by molar-refractivity contribution is -0.129. The summed E-state index contributed by atoms with van der Waals surface area (Å²) in [7, 11) is 0. The average molecular weight is 438 g/mol. The van der Waals surface area contributed by atoms with Gasteiger partial charge in [0.25, 0.3) is 0 Å². The number of hydrogen-bond acceptors (Lipinski definition) is 3. The molecule has 0 saturated carbocycles. The number of fused-ring (bicyclic) bond motifs is 1. The van der Waals surface area contributed by atoms with Gasteiger partial charge in [0.2, 0.25) is 5.91 Å². The summed E-state index contributed by atoms with van der Waals surface area (Å²) in [4.78, 5) is 14.0. The van der Waals surface area contributed by atoms with E-state index in [0.717, 1.165) is 45.1 Å². The number of nitrogens with zero attached hydrogens (tertiary/aromatic N) is 2. The largest absolute Gasteiger partial charge is 0.328 e. The van der Waals surface area contributed by atoms with Gasteiger partial charge < -0.3 is 10.2 Å². The van der Waals surface area contributed by atoms with E-state index in [4.69, 9.17) is 5.26 Å². The van der Waals surface area contributed by atoms with Crippen LogP contribution in [0.3, 0.4) is 0 Å². The molecule has 0 bridgehead atoms. The molecule has 176 valence electrons. The molecule has 0 aliphatic heterocycles. The zero-order valence-electron chi connectivity index (χ0n) is 20.9. The maximum atomic E-state index is 12.4. The lowest BCUT2D eigenvalue weighted by Crippen LogP contribution is -2.39. The van der Waals surface area contributed by atoms with Crippen LogP contribution >= 0.6 is 0 Å². The molecule has 1 aromatic rings. The van der Waals surface area contributed by atoms with Crippen LogP contribution in [0.25, 0.3) is 0 Å². The van der Waals surface area contributed by atoms with Crippen LogP contribution < -0.4 is 5.32 Å².